The van der Waals surface area contributed by atoms with Crippen LogP contribution < -0.4 is 11.1 Å². The number of amides is 2. The van der Waals surface area contributed by atoms with Gasteiger partial charge in [-0.15, -0.1) is 11.3 Å². The van der Waals surface area contributed by atoms with Crippen LogP contribution in [0.25, 0.3) is 10.4 Å². The topological polar surface area (TPSA) is 126 Å². The number of aryl methyl sites for hydroxylation is 2. The Labute approximate surface area is 214 Å². The minimum absolute atomic E-state index is 0.121. The maximum absolute atomic E-state index is 14.9. The van der Waals surface area contributed by atoms with Crippen molar-refractivity contribution in [1.29, 1.82) is 0 Å². The van der Waals surface area contributed by atoms with E-state index in [1.165, 1.54) is 6.92 Å². The number of ketones is 1. The predicted molar refractivity (Wildman–Crippen MR) is 137 cm³/mol. The number of nitrogens with zero attached hydrogens (tertiary/aromatic N) is 2. The van der Waals surface area contributed by atoms with Crippen LogP contribution in [-0.4, -0.2) is 57.5 Å². The largest absolute Gasteiger partial charge is 0.402 e. The summed E-state index contributed by atoms with van der Waals surface area (Å²) in [4.78, 5) is 45.3. The van der Waals surface area contributed by atoms with E-state index in [0.717, 1.165) is 38.2 Å². The zero-order chi connectivity index (χ0) is 26.7. The smallest absolute Gasteiger partial charge is 0.246 e. The van der Waals surface area contributed by atoms with E-state index in [1.54, 1.807) is 30.7 Å². The average Bonchev–Trinajstić information content (AvgIpc) is 3.34. The number of nitrogens with one attached hydrogen (secondary N) is 1. The van der Waals surface area contributed by atoms with Crippen LogP contribution in [0, 0.1) is 25.7 Å². The molecule has 0 aliphatic carbocycles. The number of likely N-dealkylation sites (tertiary alicyclic amines) is 1. The number of aliphatic hydroxyl groups is 1. The summed E-state index contributed by atoms with van der Waals surface area (Å²) < 4.78 is 14.9. The van der Waals surface area contributed by atoms with E-state index >= 15 is 0 Å². The number of rotatable bonds is 8. The molecule has 2 amide bonds. The molecule has 1 aromatic heterocycles. The first-order chi connectivity index (χ1) is 16.9. The van der Waals surface area contributed by atoms with E-state index in [4.69, 9.17) is 5.73 Å². The van der Waals surface area contributed by atoms with Gasteiger partial charge in [0.1, 0.15) is 18.1 Å². The van der Waals surface area contributed by atoms with Gasteiger partial charge in [0, 0.05) is 18.3 Å². The molecule has 8 nitrogen and oxygen atoms in total. The Morgan fingerprint density at radius 3 is 2.58 bits per heavy atom. The number of allylic oxidation sites excluding steroid dienone is 2. The number of benzene rings is 1. The number of thiazole rings is 1. The zero-order valence-electron chi connectivity index (χ0n) is 21.1. The van der Waals surface area contributed by atoms with Crippen molar-refractivity contribution < 1.29 is 23.9 Å². The first kappa shape index (κ1) is 27.5. The minimum atomic E-state index is -1.97. The number of halogens is 1. The van der Waals surface area contributed by atoms with Crippen molar-refractivity contribution in [3.63, 3.8) is 0 Å². The van der Waals surface area contributed by atoms with Crippen LogP contribution in [0.1, 0.15) is 37.6 Å². The number of hydrogen-bond donors (Lipinski definition) is 3. The fraction of sp³-hybridized carbons (Fsp3) is 0.462. The summed E-state index contributed by atoms with van der Waals surface area (Å²) in [6, 6.07) is 4.29. The molecule has 1 aliphatic heterocycles. The lowest BCUT2D eigenvalue weighted by molar-refractivity contribution is -0.146. The molecule has 2 heterocycles. The van der Waals surface area contributed by atoms with E-state index < -0.39 is 47.8 Å². The molecule has 4 N–H and O–H groups in total. The summed E-state index contributed by atoms with van der Waals surface area (Å²) in [6.07, 6.45) is -2.33. The number of aliphatic hydroxyl groups excluding tert-OH is 1. The summed E-state index contributed by atoms with van der Waals surface area (Å²) in [5, 5.41) is 12.8. The van der Waals surface area contributed by atoms with Gasteiger partial charge >= 0.3 is 0 Å². The molecule has 0 spiro atoms. The highest BCUT2D eigenvalue weighted by Gasteiger charge is 2.50. The van der Waals surface area contributed by atoms with Crippen molar-refractivity contribution in [2.24, 2.45) is 17.6 Å². The second-order valence-corrected chi connectivity index (χ2v) is 10.4. The molecule has 0 saturated carbocycles. The first-order valence-electron chi connectivity index (χ1n) is 11.8. The molecule has 0 bridgehead atoms. The lowest BCUT2D eigenvalue weighted by atomic mass is 9.89. The Balaban J connectivity index is 1.77. The molecule has 1 aliphatic rings. The number of hydrogen-bond acceptors (Lipinski definition) is 7. The third kappa shape index (κ3) is 5.82. The van der Waals surface area contributed by atoms with Gasteiger partial charge in [-0.05, 0) is 43.4 Å². The highest BCUT2D eigenvalue weighted by atomic mass is 32.1. The van der Waals surface area contributed by atoms with Crippen LogP contribution in [0.4, 0.5) is 4.39 Å². The Hall–Kier alpha value is -3.11. The zero-order valence-corrected chi connectivity index (χ0v) is 21.9. The maximum Gasteiger partial charge on any atom is 0.246 e. The average molecular weight is 517 g/mol. The molecule has 194 valence electrons. The summed E-state index contributed by atoms with van der Waals surface area (Å²) >= 11 is 1.55. The second-order valence-electron chi connectivity index (χ2n) is 9.59. The van der Waals surface area contributed by atoms with Gasteiger partial charge in [-0.3, -0.25) is 14.4 Å². The molecule has 3 rings (SSSR count). The lowest BCUT2D eigenvalue weighted by Crippen LogP contribution is -2.52. The molecule has 4 atom stereocenters. The number of nitrogens with two attached hydrogens (primary N) is 1. The van der Waals surface area contributed by atoms with Crippen molar-refractivity contribution in [3.05, 3.63) is 52.3 Å². The first-order valence-corrected chi connectivity index (χ1v) is 12.7. The molecule has 36 heavy (non-hydrogen) atoms. The normalized spacial score (nSPS) is 21.1. The van der Waals surface area contributed by atoms with Gasteiger partial charge in [-0.2, -0.15) is 0 Å². The van der Waals surface area contributed by atoms with Gasteiger partial charge < -0.3 is 21.1 Å². The second kappa shape index (κ2) is 11.3. The fourth-order valence-electron chi connectivity index (χ4n) is 4.44. The van der Waals surface area contributed by atoms with Gasteiger partial charge in [0.15, 0.2) is 12.0 Å². The molecule has 0 radical (unpaired) electrons. The Morgan fingerprint density at radius 2 is 2.03 bits per heavy atom. The van der Waals surface area contributed by atoms with E-state index in [-0.39, 0.29) is 18.8 Å². The third-order valence-electron chi connectivity index (χ3n) is 6.35. The standard InChI is InChI=1S/C26H33FN4O4S/c1-13(2)21(19(32)9-15(4)28)26(35)31-11-20(33)22(27)23(31)25(34)29-10-18-7-6-17(8-14(18)3)24-16(5)30-12-36-24/h6-9,12-13,20-23,33H,10-11,28H2,1-5H3,(H,29,34)/b15-9-/t20-,21?,22-,23?/m0/s1. The number of aromatic nitrogens is 1. The molecular weight excluding hydrogens is 483 g/mol. The Kier molecular flexibility index (Phi) is 8.63. The highest BCUT2D eigenvalue weighted by molar-refractivity contribution is 7.13. The van der Waals surface area contributed by atoms with Crippen LogP contribution in [-0.2, 0) is 20.9 Å². The summed E-state index contributed by atoms with van der Waals surface area (Å²) in [5.41, 5.74) is 11.4. The Morgan fingerprint density at radius 1 is 1.33 bits per heavy atom. The molecular formula is C26H33FN4O4S. The highest BCUT2D eigenvalue weighted by Crippen LogP contribution is 2.29. The third-order valence-corrected chi connectivity index (χ3v) is 7.33. The van der Waals surface area contributed by atoms with Crippen LogP contribution in [0.5, 0.6) is 0 Å². The van der Waals surface area contributed by atoms with Crippen molar-refractivity contribution in [1.82, 2.24) is 15.2 Å². The monoisotopic (exact) mass is 516 g/mol. The van der Waals surface area contributed by atoms with Gasteiger partial charge in [0.2, 0.25) is 11.8 Å². The van der Waals surface area contributed by atoms with Crippen LogP contribution in [0.2, 0.25) is 0 Å². The number of carbonyl (C=O) groups is 3. The minimum Gasteiger partial charge on any atom is -0.402 e. The van der Waals surface area contributed by atoms with E-state index in [2.05, 4.69) is 10.3 Å². The molecule has 1 fully saturated rings. The van der Waals surface area contributed by atoms with E-state index in [0.29, 0.717) is 0 Å². The van der Waals surface area contributed by atoms with Gasteiger partial charge in [0.25, 0.3) is 0 Å². The van der Waals surface area contributed by atoms with Crippen molar-refractivity contribution in [2.75, 3.05) is 6.54 Å². The summed E-state index contributed by atoms with van der Waals surface area (Å²) in [5.74, 6) is -3.50. The quantitative estimate of drug-likeness (QED) is 0.366. The van der Waals surface area contributed by atoms with Crippen LogP contribution >= 0.6 is 11.3 Å². The number of alkyl halides is 1. The van der Waals surface area contributed by atoms with Crippen molar-refractivity contribution >= 4 is 28.9 Å². The van der Waals surface area contributed by atoms with Gasteiger partial charge in [-0.1, -0.05) is 32.0 Å². The van der Waals surface area contributed by atoms with Crippen LogP contribution in [0.15, 0.2) is 35.5 Å². The van der Waals surface area contributed by atoms with Crippen molar-refractivity contribution in [3.8, 4) is 10.4 Å². The predicted octanol–water partition coefficient (Wildman–Crippen LogP) is 2.66. The van der Waals surface area contributed by atoms with Gasteiger partial charge in [-0.25, -0.2) is 9.37 Å². The molecule has 2 unspecified atom stereocenters. The Bertz CT molecular complexity index is 1170. The van der Waals surface area contributed by atoms with E-state index in [1.807, 2.05) is 32.0 Å². The van der Waals surface area contributed by atoms with Crippen LogP contribution in [0.3, 0.4) is 0 Å². The molecule has 1 saturated heterocycles. The maximum atomic E-state index is 14.9. The fourth-order valence-corrected chi connectivity index (χ4v) is 5.24. The van der Waals surface area contributed by atoms with Gasteiger partial charge in [0.05, 0.1) is 22.6 Å². The SMILES string of the molecule is C/C(N)=C/C(=O)C(C(=O)N1C[C@H](O)[C@H](F)C1C(=O)NCc1ccc(-c2scnc2C)cc1C)C(C)C. The summed E-state index contributed by atoms with van der Waals surface area (Å²) in [7, 11) is 0. The number of carbonyl (C=O) groups excluding carboxylic acids is 3. The van der Waals surface area contributed by atoms with Crippen molar-refractivity contribution in [2.45, 2.75) is 59.5 Å². The molecule has 1 aromatic carbocycles. The molecule has 2 aromatic rings. The lowest BCUT2D eigenvalue weighted by Gasteiger charge is -2.29. The summed E-state index contributed by atoms with van der Waals surface area (Å²) in [6.45, 7) is 8.51. The number of β-amino-alcohol motifs (C(OH)–C–C–N with tert-alkyl or cyclic N) is 1. The van der Waals surface area contributed by atoms with E-state index in [9.17, 15) is 23.9 Å². The molecule has 10 heteroatoms.